The molecule has 3 aliphatic rings. The first-order chi connectivity index (χ1) is 41.2. The highest BCUT2D eigenvalue weighted by Crippen LogP contribution is 2.43. The van der Waals surface area contributed by atoms with Crippen molar-refractivity contribution in [2.75, 3.05) is 122 Å². The van der Waals surface area contributed by atoms with Gasteiger partial charge in [0.15, 0.2) is 17.4 Å². The molecule has 1 saturated carbocycles. The summed E-state index contributed by atoms with van der Waals surface area (Å²) in [5.74, 6) is -4.38. The average molecular weight is 1240 g/mol. The number of carbonyl (C=O) groups is 5. The molecule has 2 atom stereocenters. The van der Waals surface area contributed by atoms with Crippen LogP contribution < -0.4 is 30.9 Å². The highest BCUT2D eigenvalue weighted by Gasteiger charge is 2.38. The third kappa shape index (κ3) is 19.3. The number of hydrogen-bond acceptors (Lipinski definition) is 14. The highest BCUT2D eigenvalue weighted by atomic mass is 35.5. The van der Waals surface area contributed by atoms with Gasteiger partial charge in [0, 0.05) is 87.8 Å². The van der Waals surface area contributed by atoms with Gasteiger partial charge >= 0.3 is 0 Å². The Balaban J connectivity index is 0.614. The Morgan fingerprint density at radius 3 is 1.96 bits per heavy atom. The minimum Gasteiger partial charge on any atom is -0.454 e. The zero-order valence-corrected chi connectivity index (χ0v) is 49.6. The Morgan fingerprint density at radius 2 is 1.29 bits per heavy atom. The van der Waals surface area contributed by atoms with Crippen molar-refractivity contribution in [3.05, 3.63) is 139 Å². The van der Waals surface area contributed by atoms with Gasteiger partial charge in [-0.3, -0.25) is 24.0 Å². The normalized spacial score (nSPS) is 15.6. The monoisotopic (exact) mass is 1240 g/mol. The van der Waals surface area contributed by atoms with Crippen LogP contribution in [0.4, 0.5) is 24.5 Å². The number of nitrogens with zero attached hydrogens (tertiary/aromatic N) is 4. The number of nitrogens with two attached hydrogens (primary N) is 1. The SMILES string of the molecule is N[C@@H](CC(=O)N1CCCN(CC(=O)NCCOCCOCCOCCOCCOCCNC(=O)CCc2cc(Cl)c(Oc3ccsc3C(=O)N3CCN(C4CC4)c4ccccc43)cc2Cl)C(=O)C1Cc1ccccc1)Cc1cc(F)c(F)cc1F. The topological polar surface area (TPSA) is 204 Å². The van der Waals surface area contributed by atoms with Crippen LogP contribution in [-0.2, 0) is 62.1 Å². The van der Waals surface area contributed by atoms with Crippen LogP contribution in [0.3, 0.4) is 0 Å². The lowest BCUT2D eigenvalue weighted by Crippen LogP contribution is -2.52. The fraction of sp³-hybridized carbons (Fsp3) is 0.459. The number of ether oxygens (including phenoxy) is 6. The predicted octanol–water partition coefficient (Wildman–Crippen LogP) is 7.77. The molecule has 1 unspecified atom stereocenters. The molecule has 0 radical (unpaired) electrons. The van der Waals surface area contributed by atoms with E-state index < -0.39 is 47.3 Å². The second-order valence-corrected chi connectivity index (χ2v) is 22.4. The lowest BCUT2D eigenvalue weighted by Gasteiger charge is -2.37. The van der Waals surface area contributed by atoms with E-state index in [-0.39, 0.29) is 82.5 Å². The molecular weight excluding hydrogens is 1170 g/mol. The molecule has 1 saturated heterocycles. The Morgan fingerprint density at radius 1 is 0.671 bits per heavy atom. The Kier molecular flexibility index (Phi) is 25.1. The van der Waals surface area contributed by atoms with Crippen LogP contribution >= 0.6 is 34.5 Å². The van der Waals surface area contributed by atoms with Crippen LogP contribution in [0.1, 0.15) is 58.5 Å². The maximum atomic E-state index is 14.3. The van der Waals surface area contributed by atoms with Gasteiger partial charge in [-0.2, -0.15) is 0 Å². The summed E-state index contributed by atoms with van der Waals surface area (Å²) >= 11 is 14.6. The molecular formula is C61H72Cl2F3N7O11S. The molecule has 8 rings (SSSR count). The molecule has 24 heteroatoms. The van der Waals surface area contributed by atoms with Crippen molar-refractivity contribution in [2.24, 2.45) is 5.73 Å². The second kappa shape index (κ2) is 33.0. The maximum Gasteiger partial charge on any atom is 0.272 e. The van der Waals surface area contributed by atoms with Crippen molar-refractivity contribution in [1.82, 2.24) is 20.4 Å². The van der Waals surface area contributed by atoms with E-state index in [0.29, 0.717) is 123 Å². The minimum atomic E-state index is -1.33. The number of hydrogen-bond donors (Lipinski definition) is 3. The number of anilines is 2. The van der Waals surface area contributed by atoms with Gasteiger partial charge < -0.3 is 64.4 Å². The summed E-state index contributed by atoms with van der Waals surface area (Å²) in [6.45, 7) is 5.29. The zero-order chi connectivity index (χ0) is 60.1. The average Bonchev–Trinajstić information content (AvgIpc) is 4.22. The molecule has 5 amide bonds. The largest absolute Gasteiger partial charge is 0.454 e. The predicted molar refractivity (Wildman–Crippen MR) is 317 cm³/mol. The van der Waals surface area contributed by atoms with Crippen molar-refractivity contribution in [2.45, 2.75) is 69.5 Å². The lowest BCUT2D eigenvalue weighted by atomic mass is 10.00. The van der Waals surface area contributed by atoms with Crippen LogP contribution in [0.15, 0.2) is 90.3 Å². The van der Waals surface area contributed by atoms with Gasteiger partial charge in [0.2, 0.25) is 23.6 Å². The molecule has 4 aromatic carbocycles. The number of benzene rings is 4. The molecule has 85 heavy (non-hydrogen) atoms. The van der Waals surface area contributed by atoms with Crippen molar-refractivity contribution in [1.29, 1.82) is 0 Å². The molecule has 3 heterocycles. The van der Waals surface area contributed by atoms with Gasteiger partial charge in [0.1, 0.15) is 22.5 Å². The quantitative estimate of drug-likeness (QED) is 0.0272. The number of amides is 5. The number of nitrogens with one attached hydrogen (secondary N) is 2. The molecule has 1 aromatic heterocycles. The summed E-state index contributed by atoms with van der Waals surface area (Å²) in [7, 11) is 0. The summed E-state index contributed by atoms with van der Waals surface area (Å²) in [5, 5.41) is 8.12. The Hall–Kier alpha value is -6.34. The zero-order valence-electron chi connectivity index (χ0n) is 47.2. The van der Waals surface area contributed by atoms with Gasteiger partial charge in [0.25, 0.3) is 5.91 Å². The van der Waals surface area contributed by atoms with Gasteiger partial charge in [-0.1, -0.05) is 65.7 Å². The first kappa shape index (κ1) is 64.7. The van der Waals surface area contributed by atoms with E-state index in [0.717, 1.165) is 29.5 Å². The van der Waals surface area contributed by atoms with E-state index in [4.69, 9.17) is 57.4 Å². The van der Waals surface area contributed by atoms with Crippen LogP contribution in [-0.4, -0.2) is 169 Å². The van der Waals surface area contributed by atoms with Crippen LogP contribution in [0.2, 0.25) is 10.0 Å². The van der Waals surface area contributed by atoms with E-state index in [2.05, 4.69) is 21.6 Å². The molecule has 5 aromatic rings. The number of rotatable bonds is 33. The van der Waals surface area contributed by atoms with Crippen molar-refractivity contribution < 1.29 is 65.6 Å². The molecule has 18 nitrogen and oxygen atoms in total. The first-order valence-corrected chi connectivity index (χ1v) is 30.2. The third-order valence-electron chi connectivity index (χ3n) is 14.4. The van der Waals surface area contributed by atoms with Crippen molar-refractivity contribution in [3.63, 3.8) is 0 Å². The molecule has 2 aliphatic heterocycles. The van der Waals surface area contributed by atoms with Gasteiger partial charge in [-0.05, 0) is 84.5 Å². The van der Waals surface area contributed by atoms with Crippen molar-refractivity contribution >= 4 is 75.4 Å². The smallest absolute Gasteiger partial charge is 0.272 e. The fourth-order valence-corrected chi connectivity index (χ4v) is 11.2. The number of thiophene rings is 1. The summed E-state index contributed by atoms with van der Waals surface area (Å²) in [6.07, 6.45) is 2.95. The number of fused-ring (bicyclic) bond motifs is 1. The molecule has 1 aliphatic carbocycles. The van der Waals surface area contributed by atoms with Crippen LogP contribution in [0.25, 0.3) is 0 Å². The van der Waals surface area contributed by atoms with Gasteiger partial charge in [-0.15, -0.1) is 11.3 Å². The van der Waals surface area contributed by atoms with E-state index in [1.807, 2.05) is 58.8 Å². The molecule has 0 bridgehead atoms. The van der Waals surface area contributed by atoms with E-state index >= 15 is 0 Å². The number of para-hydroxylation sites is 2. The summed E-state index contributed by atoms with van der Waals surface area (Å²) < 4.78 is 75.7. The van der Waals surface area contributed by atoms with E-state index in [1.165, 1.54) is 34.0 Å². The Labute approximate surface area is 506 Å². The molecule has 458 valence electrons. The number of aryl methyl sites for hydroxylation is 1. The Bertz CT molecular complexity index is 3040. The third-order valence-corrected chi connectivity index (χ3v) is 15.9. The first-order valence-electron chi connectivity index (χ1n) is 28.6. The van der Waals surface area contributed by atoms with E-state index in [9.17, 15) is 37.1 Å². The second-order valence-electron chi connectivity index (χ2n) is 20.7. The lowest BCUT2D eigenvalue weighted by molar-refractivity contribution is -0.145. The highest BCUT2D eigenvalue weighted by molar-refractivity contribution is 7.12. The van der Waals surface area contributed by atoms with Crippen molar-refractivity contribution in [3.8, 4) is 11.5 Å². The number of carbonyl (C=O) groups excluding carboxylic acids is 5. The van der Waals surface area contributed by atoms with Gasteiger partial charge in [0.05, 0.1) is 89.0 Å². The van der Waals surface area contributed by atoms with E-state index in [1.54, 1.807) is 18.2 Å². The van der Waals surface area contributed by atoms with Crippen LogP contribution in [0.5, 0.6) is 11.5 Å². The van der Waals surface area contributed by atoms with Gasteiger partial charge in [-0.25, -0.2) is 13.2 Å². The summed E-state index contributed by atoms with van der Waals surface area (Å²) in [4.78, 5) is 74.8. The molecule has 4 N–H and O–H groups in total. The standard InChI is InChI=1S/C61H72Cl2F3N7O11S/c62-46-38-55(84-54-15-32-85-59(54)61(78)73-21-20-71(45-12-13-45)51-9-4-5-10-52(51)73)47(63)35-42(46)11-14-56(74)68-16-22-79-24-26-81-28-30-83-31-29-82-27-25-80-23-17-69-57(75)40-70-18-6-19-72(53(60(70)77)33-41-7-2-1-3-8-41)58(76)37-44(67)34-43-36-49(65)50(66)39-48(43)64/h1-5,7-10,15,32,35-36,38-39,44-45,53H,6,11-14,16-31,33-34,37,40,67H2,(H,68,74)(H,69,75)/t44-,53?/m1/s1. The molecule has 0 spiro atoms. The number of halogens is 5. The minimum absolute atomic E-state index is 0.137. The maximum absolute atomic E-state index is 14.3. The fourth-order valence-electron chi connectivity index (χ4n) is 10.00. The summed E-state index contributed by atoms with van der Waals surface area (Å²) in [6, 6.07) is 22.0. The molecule has 2 fully saturated rings. The summed E-state index contributed by atoms with van der Waals surface area (Å²) in [5.41, 5.74) is 9.49. The van der Waals surface area contributed by atoms with Crippen LogP contribution in [0, 0.1) is 17.5 Å².